The van der Waals surface area contributed by atoms with Crippen LogP contribution in [0.1, 0.15) is 11.1 Å². The Hall–Kier alpha value is -2.13. The summed E-state index contributed by atoms with van der Waals surface area (Å²) in [6, 6.07) is 18.6. The highest BCUT2D eigenvalue weighted by atomic mass is 16.5. The maximum absolute atomic E-state index is 5.97. The number of ether oxygens (including phenoxy) is 1. The van der Waals surface area contributed by atoms with Crippen LogP contribution in [0.4, 0.5) is 0 Å². The van der Waals surface area contributed by atoms with Crippen molar-refractivity contribution in [3.8, 4) is 5.75 Å². The smallest absolute Gasteiger partial charge is 0.128 e. The molecule has 0 spiro atoms. The monoisotopic (exact) mass is 280 g/mol. The zero-order valence-corrected chi connectivity index (χ0v) is 12.5. The highest BCUT2D eigenvalue weighted by Gasteiger charge is 2.20. The van der Waals surface area contributed by atoms with Gasteiger partial charge >= 0.3 is 0 Å². The fourth-order valence-electron chi connectivity index (χ4n) is 2.60. The van der Waals surface area contributed by atoms with E-state index in [4.69, 9.17) is 9.73 Å². The van der Waals surface area contributed by atoms with Gasteiger partial charge in [0.2, 0.25) is 0 Å². The Balaban J connectivity index is 2.06. The van der Waals surface area contributed by atoms with E-state index in [1.54, 1.807) is 0 Å². The summed E-state index contributed by atoms with van der Waals surface area (Å²) in [5.41, 5.74) is 3.24. The van der Waals surface area contributed by atoms with Gasteiger partial charge in [0, 0.05) is 17.7 Å². The first kappa shape index (κ1) is 13.8. The SMILES string of the molecule is CN(C)CC1COc2ccccc2C(c2ccccc2)=N1. The van der Waals surface area contributed by atoms with E-state index in [9.17, 15) is 0 Å². The minimum absolute atomic E-state index is 0.141. The molecule has 1 aliphatic rings. The Morgan fingerprint density at radius 3 is 2.52 bits per heavy atom. The third-order valence-electron chi connectivity index (χ3n) is 3.51. The lowest BCUT2D eigenvalue weighted by atomic mass is 10.0. The molecule has 1 aliphatic heterocycles. The molecular formula is C18H20N2O. The molecule has 0 fully saturated rings. The minimum Gasteiger partial charge on any atom is -0.491 e. The normalized spacial score (nSPS) is 17.7. The van der Waals surface area contributed by atoms with Crippen molar-refractivity contribution in [2.75, 3.05) is 27.2 Å². The highest BCUT2D eigenvalue weighted by molar-refractivity contribution is 6.14. The lowest BCUT2D eigenvalue weighted by Crippen LogP contribution is -2.29. The van der Waals surface area contributed by atoms with E-state index in [1.807, 2.05) is 36.4 Å². The van der Waals surface area contributed by atoms with Crippen molar-refractivity contribution in [3.05, 3.63) is 65.7 Å². The van der Waals surface area contributed by atoms with Crippen molar-refractivity contribution in [2.24, 2.45) is 4.99 Å². The van der Waals surface area contributed by atoms with Crippen LogP contribution < -0.4 is 4.74 Å². The molecule has 0 N–H and O–H groups in total. The number of nitrogens with zero attached hydrogens (tertiary/aromatic N) is 2. The van der Waals surface area contributed by atoms with Gasteiger partial charge in [-0.1, -0.05) is 42.5 Å². The zero-order chi connectivity index (χ0) is 14.7. The van der Waals surface area contributed by atoms with E-state index in [1.165, 1.54) is 0 Å². The summed E-state index contributed by atoms with van der Waals surface area (Å²) >= 11 is 0. The van der Waals surface area contributed by atoms with Crippen LogP contribution in [0, 0.1) is 0 Å². The van der Waals surface area contributed by atoms with E-state index in [0.717, 1.165) is 29.1 Å². The molecular weight excluding hydrogens is 260 g/mol. The third kappa shape index (κ3) is 3.14. The Morgan fingerprint density at radius 2 is 1.76 bits per heavy atom. The topological polar surface area (TPSA) is 24.8 Å². The van der Waals surface area contributed by atoms with Crippen LogP contribution in [0.15, 0.2) is 59.6 Å². The molecule has 0 aliphatic carbocycles. The molecule has 1 heterocycles. The first-order valence-electron chi connectivity index (χ1n) is 7.24. The van der Waals surface area contributed by atoms with Gasteiger partial charge in [0.05, 0.1) is 11.8 Å². The summed E-state index contributed by atoms with van der Waals surface area (Å²) < 4.78 is 5.97. The van der Waals surface area contributed by atoms with Crippen LogP contribution in [0.2, 0.25) is 0 Å². The maximum atomic E-state index is 5.97. The summed E-state index contributed by atoms with van der Waals surface area (Å²) in [4.78, 5) is 7.13. The van der Waals surface area contributed by atoms with Crippen molar-refractivity contribution in [1.82, 2.24) is 4.90 Å². The molecule has 3 heteroatoms. The van der Waals surface area contributed by atoms with E-state index in [2.05, 4.69) is 37.2 Å². The number of aliphatic imine (C=N–C) groups is 1. The summed E-state index contributed by atoms with van der Waals surface area (Å²) in [5.74, 6) is 0.918. The second-order valence-electron chi connectivity index (χ2n) is 5.57. The first-order chi connectivity index (χ1) is 10.2. The van der Waals surface area contributed by atoms with E-state index in [-0.39, 0.29) is 6.04 Å². The minimum atomic E-state index is 0.141. The zero-order valence-electron chi connectivity index (χ0n) is 12.5. The molecule has 108 valence electrons. The molecule has 0 saturated carbocycles. The lowest BCUT2D eigenvalue weighted by molar-refractivity contribution is 0.258. The van der Waals surface area contributed by atoms with Crippen LogP contribution in [0.3, 0.4) is 0 Å². The third-order valence-corrected chi connectivity index (χ3v) is 3.51. The summed E-state index contributed by atoms with van der Waals surface area (Å²) in [5, 5.41) is 0. The van der Waals surface area contributed by atoms with Crippen LogP contribution in [-0.2, 0) is 0 Å². The van der Waals surface area contributed by atoms with Gasteiger partial charge in [0.1, 0.15) is 12.4 Å². The van der Waals surface area contributed by atoms with Gasteiger partial charge in [-0.15, -0.1) is 0 Å². The van der Waals surface area contributed by atoms with Crippen LogP contribution in [0.5, 0.6) is 5.75 Å². The average molecular weight is 280 g/mol. The standard InChI is InChI=1S/C18H20N2O/c1-20(2)12-15-13-21-17-11-7-6-10-16(17)18(19-15)14-8-4-3-5-9-14/h3-11,15H,12-13H2,1-2H3. The Labute approximate surface area is 125 Å². The second kappa shape index (κ2) is 6.10. The van der Waals surface area contributed by atoms with Gasteiger partial charge in [-0.25, -0.2) is 0 Å². The fourth-order valence-corrected chi connectivity index (χ4v) is 2.60. The molecule has 2 aromatic rings. The lowest BCUT2D eigenvalue weighted by Gasteiger charge is -2.16. The molecule has 3 rings (SSSR count). The van der Waals surface area contributed by atoms with E-state index >= 15 is 0 Å². The number of rotatable bonds is 3. The van der Waals surface area contributed by atoms with Gasteiger partial charge in [-0.05, 0) is 26.2 Å². The van der Waals surface area contributed by atoms with Crippen LogP contribution in [-0.4, -0.2) is 43.9 Å². The quantitative estimate of drug-likeness (QED) is 0.863. The number of hydrogen-bond acceptors (Lipinski definition) is 3. The van der Waals surface area contributed by atoms with Crippen LogP contribution >= 0.6 is 0 Å². The molecule has 1 unspecified atom stereocenters. The molecule has 21 heavy (non-hydrogen) atoms. The molecule has 2 aromatic carbocycles. The van der Waals surface area contributed by atoms with Gasteiger partial charge in [0.25, 0.3) is 0 Å². The number of likely N-dealkylation sites (N-methyl/N-ethyl adjacent to an activating group) is 1. The maximum Gasteiger partial charge on any atom is 0.128 e. The summed E-state index contributed by atoms with van der Waals surface area (Å²) in [7, 11) is 4.13. The number of fused-ring (bicyclic) bond motifs is 1. The van der Waals surface area contributed by atoms with Crippen LogP contribution in [0.25, 0.3) is 0 Å². The molecule has 3 nitrogen and oxygen atoms in total. The molecule has 0 saturated heterocycles. The predicted octanol–water partition coefficient (Wildman–Crippen LogP) is 2.85. The molecule has 0 aromatic heterocycles. The van der Waals surface area contributed by atoms with Crippen molar-refractivity contribution in [3.63, 3.8) is 0 Å². The molecule has 0 bridgehead atoms. The molecule has 0 amide bonds. The summed E-state index contributed by atoms with van der Waals surface area (Å²) in [6.45, 7) is 1.50. The van der Waals surface area contributed by atoms with Crippen molar-refractivity contribution in [1.29, 1.82) is 0 Å². The Kier molecular flexibility index (Phi) is 4.02. The largest absolute Gasteiger partial charge is 0.491 e. The molecule has 1 atom stereocenters. The predicted molar refractivity (Wildman–Crippen MR) is 86.4 cm³/mol. The van der Waals surface area contributed by atoms with Gasteiger partial charge < -0.3 is 9.64 Å². The van der Waals surface area contributed by atoms with Gasteiger partial charge in [0.15, 0.2) is 0 Å². The Bertz CT molecular complexity index is 635. The number of hydrogen-bond donors (Lipinski definition) is 0. The number of benzene rings is 2. The fraction of sp³-hybridized carbons (Fsp3) is 0.278. The summed E-state index contributed by atoms with van der Waals surface area (Å²) in [6.07, 6.45) is 0. The van der Waals surface area contributed by atoms with Crippen molar-refractivity contribution in [2.45, 2.75) is 6.04 Å². The average Bonchev–Trinajstić information content (AvgIpc) is 2.68. The number of para-hydroxylation sites is 1. The van der Waals surface area contributed by atoms with E-state index in [0.29, 0.717) is 6.61 Å². The van der Waals surface area contributed by atoms with Crippen molar-refractivity contribution >= 4 is 5.71 Å². The molecule has 0 radical (unpaired) electrons. The van der Waals surface area contributed by atoms with Crippen molar-refractivity contribution < 1.29 is 4.74 Å². The van der Waals surface area contributed by atoms with Gasteiger partial charge in [-0.3, -0.25) is 4.99 Å². The first-order valence-corrected chi connectivity index (χ1v) is 7.24. The highest BCUT2D eigenvalue weighted by Crippen LogP contribution is 2.25. The second-order valence-corrected chi connectivity index (χ2v) is 5.57. The van der Waals surface area contributed by atoms with E-state index < -0.39 is 0 Å². The van der Waals surface area contributed by atoms with Gasteiger partial charge in [-0.2, -0.15) is 0 Å². The Morgan fingerprint density at radius 1 is 1.05 bits per heavy atom.